The Kier molecular flexibility index (Phi) is 7.65. The number of carbonyl (C=O) groups excluding carboxylic acids is 1. The number of carbonyl (C=O) groups is 1. The van der Waals surface area contributed by atoms with Gasteiger partial charge in [0, 0.05) is 31.4 Å². The number of para-hydroxylation sites is 1. The summed E-state index contributed by atoms with van der Waals surface area (Å²) in [4.78, 5) is 12.7. The molecule has 1 aromatic heterocycles. The molecular weight excluding hydrogens is 402 g/mol. The maximum absolute atomic E-state index is 12.7. The minimum absolute atomic E-state index is 0. The molecule has 1 amide bonds. The third-order valence-electron chi connectivity index (χ3n) is 4.61. The highest BCUT2D eigenvalue weighted by Crippen LogP contribution is 2.27. The molecule has 1 saturated heterocycles. The largest absolute Gasteiger partial charge is 0.455 e. The van der Waals surface area contributed by atoms with Crippen LogP contribution in [0.1, 0.15) is 41.6 Å². The Morgan fingerprint density at radius 2 is 1.89 bits per heavy atom. The van der Waals surface area contributed by atoms with E-state index in [9.17, 15) is 13.2 Å². The van der Waals surface area contributed by atoms with Gasteiger partial charge in [-0.3, -0.25) is 4.79 Å². The molecule has 1 aromatic carbocycles. The summed E-state index contributed by atoms with van der Waals surface area (Å²) in [6.45, 7) is 6.03. The molecule has 0 saturated carbocycles. The molecule has 1 aliphatic heterocycles. The van der Waals surface area contributed by atoms with E-state index in [4.69, 9.17) is 4.42 Å². The topological polar surface area (TPSA) is 91.6 Å². The molecule has 9 heteroatoms. The Labute approximate surface area is 171 Å². The first-order valence-corrected chi connectivity index (χ1v) is 10.6. The summed E-state index contributed by atoms with van der Waals surface area (Å²) in [5, 5.41) is 6.04. The number of furan rings is 1. The van der Waals surface area contributed by atoms with Crippen molar-refractivity contribution in [1.82, 2.24) is 9.62 Å². The summed E-state index contributed by atoms with van der Waals surface area (Å²) < 4.78 is 32.4. The number of benzene rings is 1. The van der Waals surface area contributed by atoms with Crippen LogP contribution < -0.4 is 10.6 Å². The summed E-state index contributed by atoms with van der Waals surface area (Å²) >= 11 is 0. The highest BCUT2D eigenvalue weighted by Gasteiger charge is 2.31. The number of hydrogen-bond donors (Lipinski definition) is 2. The maximum Gasteiger partial charge on any atom is 0.291 e. The highest BCUT2D eigenvalue weighted by atomic mass is 35.5. The van der Waals surface area contributed by atoms with Crippen molar-refractivity contribution in [2.75, 3.05) is 25.0 Å². The number of halogens is 1. The molecule has 0 radical (unpaired) electrons. The second-order valence-electron chi connectivity index (χ2n) is 6.53. The SMILES string of the molecule is CCNCc1ccccc1NC(=O)c1cc(S(=O)(=O)N2CCCC2)c(C)o1.Cl. The Hall–Kier alpha value is -1.87. The smallest absolute Gasteiger partial charge is 0.291 e. The quantitative estimate of drug-likeness (QED) is 0.708. The molecule has 28 heavy (non-hydrogen) atoms. The van der Waals surface area contributed by atoms with E-state index in [2.05, 4.69) is 10.6 Å². The molecule has 2 N–H and O–H groups in total. The van der Waals surface area contributed by atoms with Gasteiger partial charge in [-0.05, 0) is 37.9 Å². The molecule has 0 bridgehead atoms. The average Bonchev–Trinajstić information content (AvgIpc) is 3.31. The van der Waals surface area contributed by atoms with Gasteiger partial charge in [0.15, 0.2) is 5.76 Å². The first kappa shape index (κ1) is 22.4. The summed E-state index contributed by atoms with van der Waals surface area (Å²) in [5.41, 5.74) is 1.61. The van der Waals surface area contributed by atoms with Crippen molar-refractivity contribution in [3.05, 3.63) is 47.4 Å². The van der Waals surface area contributed by atoms with E-state index in [0.717, 1.165) is 24.9 Å². The van der Waals surface area contributed by atoms with E-state index < -0.39 is 15.9 Å². The molecule has 2 heterocycles. The fraction of sp³-hybridized carbons (Fsp3) is 0.421. The molecule has 154 valence electrons. The third kappa shape index (κ3) is 4.75. The van der Waals surface area contributed by atoms with Gasteiger partial charge in [-0.2, -0.15) is 4.31 Å². The molecule has 1 fully saturated rings. The van der Waals surface area contributed by atoms with Crippen LogP contribution in [0.2, 0.25) is 0 Å². The van der Waals surface area contributed by atoms with Crippen LogP contribution in [0.5, 0.6) is 0 Å². The number of nitrogens with zero attached hydrogens (tertiary/aromatic N) is 1. The lowest BCUT2D eigenvalue weighted by Crippen LogP contribution is -2.28. The van der Waals surface area contributed by atoms with Crippen LogP contribution in [-0.4, -0.2) is 38.3 Å². The molecule has 0 atom stereocenters. The van der Waals surface area contributed by atoms with Gasteiger partial charge in [-0.25, -0.2) is 8.42 Å². The van der Waals surface area contributed by atoms with Crippen molar-refractivity contribution >= 4 is 34.0 Å². The number of amides is 1. The van der Waals surface area contributed by atoms with E-state index >= 15 is 0 Å². The summed E-state index contributed by atoms with van der Waals surface area (Å²) in [6.07, 6.45) is 1.71. The monoisotopic (exact) mass is 427 g/mol. The van der Waals surface area contributed by atoms with Gasteiger partial charge in [0.25, 0.3) is 5.91 Å². The van der Waals surface area contributed by atoms with Crippen molar-refractivity contribution in [2.45, 2.75) is 38.1 Å². The Balaban J connectivity index is 0.00000280. The molecule has 1 aliphatic rings. The third-order valence-corrected chi connectivity index (χ3v) is 6.62. The van der Waals surface area contributed by atoms with Crippen molar-refractivity contribution in [3.63, 3.8) is 0 Å². The second kappa shape index (κ2) is 9.56. The Morgan fingerprint density at radius 1 is 1.21 bits per heavy atom. The predicted octanol–water partition coefficient (Wildman–Crippen LogP) is 3.16. The minimum Gasteiger partial charge on any atom is -0.455 e. The lowest BCUT2D eigenvalue weighted by Gasteiger charge is -2.14. The van der Waals surface area contributed by atoms with Gasteiger partial charge in [-0.15, -0.1) is 12.4 Å². The van der Waals surface area contributed by atoms with Crippen LogP contribution >= 0.6 is 12.4 Å². The fourth-order valence-corrected chi connectivity index (χ4v) is 4.82. The fourth-order valence-electron chi connectivity index (χ4n) is 3.14. The van der Waals surface area contributed by atoms with Crippen molar-refractivity contribution in [1.29, 1.82) is 0 Å². The average molecular weight is 428 g/mol. The maximum atomic E-state index is 12.7. The van der Waals surface area contributed by atoms with Crippen molar-refractivity contribution in [3.8, 4) is 0 Å². The van der Waals surface area contributed by atoms with E-state index in [-0.39, 0.29) is 28.8 Å². The van der Waals surface area contributed by atoms with Crippen molar-refractivity contribution < 1.29 is 17.6 Å². The van der Waals surface area contributed by atoms with Gasteiger partial charge < -0.3 is 15.1 Å². The normalized spacial score (nSPS) is 14.6. The molecule has 0 spiro atoms. The summed E-state index contributed by atoms with van der Waals surface area (Å²) in [5.74, 6) is -0.249. The number of nitrogens with one attached hydrogen (secondary N) is 2. The van der Waals surface area contributed by atoms with Gasteiger partial charge in [0.2, 0.25) is 10.0 Å². The molecule has 0 unspecified atom stereocenters. The lowest BCUT2D eigenvalue weighted by molar-refractivity contribution is 0.0995. The zero-order valence-electron chi connectivity index (χ0n) is 16.0. The standard InChI is InChI=1S/C19H25N3O4S.ClH/c1-3-20-13-15-8-4-5-9-16(15)21-19(23)17-12-18(14(2)26-17)27(24,25)22-10-6-7-11-22;/h4-5,8-9,12,20H,3,6-7,10-11,13H2,1-2H3,(H,21,23);1H. The highest BCUT2D eigenvalue weighted by molar-refractivity contribution is 7.89. The number of sulfonamides is 1. The van der Waals surface area contributed by atoms with Gasteiger partial charge in [0.05, 0.1) is 0 Å². The van der Waals surface area contributed by atoms with Crippen LogP contribution in [0, 0.1) is 6.92 Å². The zero-order valence-corrected chi connectivity index (χ0v) is 17.7. The predicted molar refractivity (Wildman–Crippen MR) is 110 cm³/mol. The molecule has 2 aromatic rings. The van der Waals surface area contributed by atoms with Gasteiger partial charge in [0.1, 0.15) is 10.7 Å². The summed E-state index contributed by atoms with van der Waals surface area (Å²) in [7, 11) is -3.63. The molecular formula is C19H26ClN3O4S. The van der Waals surface area contributed by atoms with Crippen LogP contribution in [0.4, 0.5) is 5.69 Å². The van der Waals surface area contributed by atoms with Crippen LogP contribution in [0.3, 0.4) is 0 Å². The van der Waals surface area contributed by atoms with Gasteiger partial charge in [-0.1, -0.05) is 25.1 Å². The molecule has 7 nitrogen and oxygen atoms in total. The van der Waals surface area contributed by atoms with Gasteiger partial charge >= 0.3 is 0 Å². The van der Waals surface area contributed by atoms with Crippen molar-refractivity contribution in [2.24, 2.45) is 0 Å². The zero-order chi connectivity index (χ0) is 19.4. The van der Waals surface area contributed by atoms with Crippen LogP contribution in [0.25, 0.3) is 0 Å². The first-order valence-electron chi connectivity index (χ1n) is 9.14. The summed E-state index contributed by atoms with van der Waals surface area (Å²) in [6, 6.07) is 8.80. The van der Waals surface area contributed by atoms with E-state index in [1.165, 1.54) is 10.4 Å². The number of anilines is 1. The van der Waals surface area contributed by atoms with E-state index in [1.54, 1.807) is 6.92 Å². The second-order valence-corrected chi connectivity index (χ2v) is 8.44. The van der Waals surface area contributed by atoms with Crippen LogP contribution in [-0.2, 0) is 16.6 Å². The first-order chi connectivity index (χ1) is 12.9. The Morgan fingerprint density at radius 3 is 2.57 bits per heavy atom. The van der Waals surface area contributed by atoms with E-state index in [1.807, 2.05) is 31.2 Å². The number of hydrogen-bond acceptors (Lipinski definition) is 5. The number of aryl methyl sites for hydroxylation is 1. The van der Waals surface area contributed by atoms with Crippen LogP contribution in [0.15, 0.2) is 39.6 Å². The lowest BCUT2D eigenvalue weighted by atomic mass is 10.1. The number of rotatable bonds is 7. The van der Waals surface area contributed by atoms with E-state index in [0.29, 0.717) is 25.3 Å². The minimum atomic E-state index is -3.63. The molecule has 3 rings (SSSR count). The Bertz CT molecular complexity index is 921. The molecule has 0 aliphatic carbocycles.